The van der Waals surface area contributed by atoms with Gasteiger partial charge in [-0.1, -0.05) is 0 Å². The van der Waals surface area contributed by atoms with Gasteiger partial charge in [-0.3, -0.25) is 15.3 Å². The summed E-state index contributed by atoms with van der Waals surface area (Å²) in [4.78, 5) is 18.9. The lowest BCUT2D eigenvalue weighted by Gasteiger charge is -2.41. The Kier molecular flexibility index (Phi) is 3.63. The van der Waals surface area contributed by atoms with Crippen LogP contribution in [0.1, 0.15) is 5.69 Å². The second-order valence-electron chi connectivity index (χ2n) is 5.74. The molecule has 0 aromatic carbocycles. The summed E-state index contributed by atoms with van der Waals surface area (Å²) in [6.07, 6.45) is 7.49. The van der Waals surface area contributed by atoms with Crippen LogP contribution >= 0.6 is 11.8 Å². The summed E-state index contributed by atoms with van der Waals surface area (Å²) in [5, 5.41) is 3.49. The molecule has 2 aliphatic heterocycles. The van der Waals surface area contributed by atoms with E-state index in [1.165, 1.54) is 12.4 Å². The average Bonchev–Trinajstić information content (AvgIpc) is 2.96. The summed E-state index contributed by atoms with van der Waals surface area (Å²) in [5.41, 5.74) is 6.43. The van der Waals surface area contributed by atoms with Gasteiger partial charge in [0.1, 0.15) is 5.50 Å². The summed E-state index contributed by atoms with van der Waals surface area (Å²) in [6, 6.07) is 0. The third kappa shape index (κ3) is 2.54. The van der Waals surface area contributed by atoms with Gasteiger partial charge in [0, 0.05) is 37.2 Å². The lowest BCUT2D eigenvalue weighted by atomic mass is 9.85. The van der Waals surface area contributed by atoms with Crippen LogP contribution < -0.4 is 16.0 Å². The van der Waals surface area contributed by atoms with Crippen LogP contribution in [0.4, 0.5) is 10.3 Å². The predicted molar refractivity (Wildman–Crippen MR) is 85.0 cm³/mol. The molecule has 4 heterocycles. The molecule has 0 amide bonds. The molecule has 2 saturated heterocycles. The number of nitrogens with two attached hydrogens (primary N) is 1. The normalized spacial score (nSPS) is 30.3. The lowest BCUT2D eigenvalue weighted by molar-refractivity contribution is 0.266. The fourth-order valence-electron chi connectivity index (χ4n) is 3.31. The highest BCUT2D eigenvalue weighted by Crippen LogP contribution is 2.42. The number of rotatable bonds is 2. The highest BCUT2D eigenvalue weighted by atomic mass is 32.2. The Bertz CT molecular complexity index is 685. The largest absolute Gasteiger partial charge is 0.338 e. The predicted octanol–water partition coefficient (Wildman–Crippen LogP) is 0.316. The lowest BCUT2D eigenvalue weighted by Crippen LogP contribution is -2.59. The third-order valence-electron chi connectivity index (χ3n) is 4.36. The van der Waals surface area contributed by atoms with Crippen LogP contribution in [0.2, 0.25) is 0 Å². The number of hydrogen-bond donors (Lipinski definition) is 2. The molecule has 23 heavy (non-hydrogen) atoms. The van der Waals surface area contributed by atoms with E-state index in [-0.39, 0.29) is 11.4 Å². The van der Waals surface area contributed by atoms with Crippen molar-refractivity contribution in [3.63, 3.8) is 0 Å². The Morgan fingerprint density at radius 3 is 2.83 bits per heavy atom. The van der Waals surface area contributed by atoms with Crippen molar-refractivity contribution in [1.29, 1.82) is 0 Å². The fourth-order valence-corrected chi connectivity index (χ4v) is 4.43. The Labute approximate surface area is 136 Å². The van der Waals surface area contributed by atoms with Gasteiger partial charge < -0.3 is 10.6 Å². The van der Waals surface area contributed by atoms with Crippen LogP contribution in [-0.2, 0) is 5.54 Å². The molecule has 0 saturated carbocycles. The maximum absolute atomic E-state index is 13.1. The van der Waals surface area contributed by atoms with Gasteiger partial charge >= 0.3 is 0 Å². The first-order chi connectivity index (χ1) is 11.2. The molecule has 2 aromatic rings. The quantitative estimate of drug-likeness (QED) is 0.811. The Morgan fingerprint density at radius 1 is 1.26 bits per heavy atom. The summed E-state index contributed by atoms with van der Waals surface area (Å²) in [5.74, 6) is 1.27. The van der Waals surface area contributed by atoms with E-state index in [2.05, 4.69) is 25.3 Å². The van der Waals surface area contributed by atoms with Gasteiger partial charge in [0.2, 0.25) is 5.95 Å². The molecule has 7 nitrogen and oxygen atoms in total. The summed E-state index contributed by atoms with van der Waals surface area (Å²) < 4.78 is 13.1. The molecule has 3 N–H and O–H groups in total. The van der Waals surface area contributed by atoms with Gasteiger partial charge in [0.15, 0.2) is 5.82 Å². The number of halogens is 1. The highest BCUT2D eigenvalue weighted by Gasteiger charge is 2.52. The standard InChI is InChI=1S/C14H16FN7S/c15-10-3-19-13(20-4-10)22-6-9-7-23-12(16)21-14(9,8-22)11-5-17-1-2-18-11/h1-5,9,12,21H,6-8,16H2. The van der Waals surface area contributed by atoms with Crippen molar-refractivity contribution in [2.24, 2.45) is 11.7 Å². The molecule has 0 spiro atoms. The number of aromatic nitrogens is 4. The van der Waals surface area contributed by atoms with Crippen molar-refractivity contribution in [3.05, 3.63) is 42.5 Å². The van der Waals surface area contributed by atoms with Gasteiger partial charge in [-0.05, 0) is 0 Å². The molecular formula is C14H16FN7S. The number of hydrogen-bond acceptors (Lipinski definition) is 8. The number of anilines is 1. The van der Waals surface area contributed by atoms with Crippen molar-refractivity contribution >= 4 is 17.7 Å². The highest BCUT2D eigenvalue weighted by molar-refractivity contribution is 7.99. The van der Waals surface area contributed by atoms with Crippen LogP contribution in [0.3, 0.4) is 0 Å². The second kappa shape index (κ2) is 5.66. The molecule has 0 radical (unpaired) electrons. The van der Waals surface area contributed by atoms with E-state index in [9.17, 15) is 4.39 Å². The third-order valence-corrected chi connectivity index (χ3v) is 5.44. The molecule has 2 aromatic heterocycles. The zero-order chi connectivity index (χ0) is 15.9. The Hall–Kier alpha value is -1.84. The topological polar surface area (TPSA) is 92.8 Å². The molecule has 120 valence electrons. The van der Waals surface area contributed by atoms with Crippen LogP contribution in [0.5, 0.6) is 0 Å². The summed E-state index contributed by atoms with van der Waals surface area (Å²) >= 11 is 1.68. The van der Waals surface area contributed by atoms with Crippen molar-refractivity contribution in [2.75, 3.05) is 23.7 Å². The molecule has 3 atom stereocenters. The Balaban J connectivity index is 1.70. The molecule has 4 rings (SSSR count). The monoisotopic (exact) mass is 333 g/mol. The van der Waals surface area contributed by atoms with Gasteiger partial charge in [-0.25, -0.2) is 14.4 Å². The van der Waals surface area contributed by atoms with Crippen molar-refractivity contribution < 1.29 is 4.39 Å². The smallest absolute Gasteiger partial charge is 0.225 e. The first kappa shape index (κ1) is 14.7. The maximum atomic E-state index is 13.1. The van der Waals surface area contributed by atoms with Crippen LogP contribution in [0.15, 0.2) is 31.0 Å². The molecule has 0 bridgehead atoms. The molecule has 2 fully saturated rings. The van der Waals surface area contributed by atoms with E-state index < -0.39 is 11.4 Å². The Morgan fingerprint density at radius 2 is 2.09 bits per heavy atom. The SMILES string of the molecule is NC1NC2(c3cnccn3)CN(c3ncc(F)cn3)CC2CS1. The average molecular weight is 333 g/mol. The molecule has 2 aliphatic rings. The second-order valence-corrected chi connectivity index (χ2v) is 6.91. The minimum Gasteiger partial charge on any atom is -0.338 e. The van der Waals surface area contributed by atoms with Gasteiger partial charge in [0.25, 0.3) is 0 Å². The molecular weight excluding hydrogens is 317 g/mol. The summed E-state index contributed by atoms with van der Waals surface area (Å²) in [6.45, 7) is 1.38. The van der Waals surface area contributed by atoms with Crippen LogP contribution in [0.25, 0.3) is 0 Å². The first-order valence-corrected chi connectivity index (χ1v) is 8.36. The van der Waals surface area contributed by atoms with E-state index >= 15 is 0 Å². The number of nitrogens with zero attached hydrogens (tertiary/aromatic N) is 5. The molecule has 3 unspecified atom stereocenters. The zero-order valence-corrected chi connectivity index (χ0v) is 13.1. The number of fused-ring (bicyclic) bond motifs is 1. The zero-order valence-electron chi connectivity index (χ0n) is 12.3. The van der Waals surface area contributed by atoms with Crippen LogP contribution in [0, 0.1) is 11.7 Å². The van der Waals surface area contributed by atoms with E-state index in [1.807, 2.05) is 4.90 Å². The number of thioether (sulfide) groups is 1. The van der Waals surface area contributed by atoms with Gasteiger partial charge in [-0.15, -0.1) is 11.8 Å². The van der Waals surface area contributed by atoms with E-state index in [0.29, 0.717) is 12.5 Å². The van der Waals surface area contributed by atoms with E-state index in [1.54, 1.807) is 30.4 Å². The molecule has 9 heteroatoms. The minimum absolute atomic E-state index is 0.164. The van der Waals surface area contributed by atoms with E-state index in [4.69, 9.17) is 5.73 Å². The summed E-state index contributed by atoms with van der Waals surface area (Å²) in [7, 11) is 0. The minimum atomic E-state index is -0.440. The van der Waals surface area contributed by atoms with Gasteiger partial charge in [0.05, 0.1) is 29.8 Å². The number of nitrogens with one attached hydrogen (secondary N) is 1. The van der Waals surface area contributed by atoms with Gasteiger partial charge in [-0.2, -0.15) is 0 Å². The van der Waals surface area contributed by atoms with Crippen molar-refractivity contribution in [2.45, 2.75) is 11.0 Å². The maximum Gasteiger partial charge on any atom is 0.225 e. The first-order valence-electron chi connectivity index (χ1n) is 7.31. The van der Waals surface area contributed by atoms with Crippen molar-refractivity contribution in [3.8, 4) is 0 Å². The van der Waals surface area contributed by atoms with Crippen molar-refractivity contribution in [1.82, 2.24) is 25.3 Å². The fraction of sp³-hybridized carbons (Fsp3) is 0.429. The molecule has 0 aliphatic carbocycles. The van der Waals surface area contributed by atoms with Crippen LogP contribution in [-0.4, -0.2) is 44.3 Å². The van der Waals surface area contributed by atoms with E-state index in [0.717, 1.165) is 18.0 Å².